The van der Waals surface area contributed by atoms with Gasteiger partial charge in [0.2, 0.25) is 5.91 Å². The number of carbonyl (C=O) groups excluding carboxylic acids is 1. The molecule has 20 heavy (non-hydrogen) atoms. The monoisotopic (exact) mass is 276 g/mol. The number of amides is 1. The highest BCUT2D eigenvalue weighted by Crippen LogP contribution is 2.23. The number of halogens is 1. The average Bonchev–Trinajstić information content (AvgIpc) is 2.82. The van der Waals surface area contributed by atoms with Crippen LogP contribution in [0.2, 0.25) is 0 Å². The zero-order valence-corrected chi connectivity index (χ0v) is 11.4. The van der Waals surface area contributed by atoms with Crippen LogP contribution in [0.1, 0.15) is 5.56 Å². The maximum absolute atomic E-state index is 13.3. The standard InChI is InChI=1S/C15H17FN2O2/c1-17-4-6-18(7-5-17)15(19)8-11-10-20-14-3-2-12(16)9-13(11)14/h2-3,9-10H,4-8H2,1H3. The van der Waals surface area contributed by atoms with Crippen molar-refractivity contribution >= 4 is 16.9 Å². The van der Waals surface area contributed by atoms with Crippen LogP contribution in [0.3, 0.4) is 0 Å². The fourth-order valence-corrected chi connectivity index (χ4v) is 2.52. The first-order valence-electron chi connectivity index (χ1n) is 6.75. The Balaban J connectivity index is 1.76. The second kappa shape index (κ2) is 5.25. The normalized spacial score (nSPS) is 16.8. The molecule has 1 aliphatic heterocycles. The van der Waals surface area contributed by atoms with Crippen molar-refractivity contribution in [3.63, 3.8) is 0 Å². The third-order valence-electron chi connectivity index (χ3n) is 3.81. The van der Waals surface area contributed by atoms with Crippen LogP contribution in [-0.4, -0.2) is 48.9 Å². The van der Waals surface area contributed by atoms with E-state index in [1.807, 2.05) is 11.9 Å². The molecule has 1 aromatic heterocycles. The molecule has 0 atom stereocenters. The summed E-state index contributed by atoms with van der Waals surface area (Å²) in [5.74, 6) is -0.239. The number of hydrogen-bond donors (Lipinski definition) is 0. The Morgan fingerprint density at radius 2 is 2.05 bits per heavy atom. The Morgan fingerprint density at radius 1 is 1.30 bits per heavy atom. The molecule has 0 unspecified atom stereocenters. The number of carbonyl (C=O) groups is 1. The van der Waals surface area contributed by atoms with Gasteiger partial charge in [0.05, 0.1) is 12.7 Å². The number of piperazine rings is 1. The molecule has 0 saturated carbocycles. The second-order valence-electron chi connectivity index (χ2n) is 5.26. The second-order valence-corrected chi connectivity index (χ2v) is 5.26. The molecular weight excluding hydrogens is 259 g/mol. The highest BCUT2D eigenvalue weighted by molar-refractivity contribution is 5.87. The van der Waals surface area contributed by atoms with Crippen LogP contribution in [0.25, 0.3) is 11.0 Å². The zero-order chi connectivity index (χ0) is 14.1. The summed E-state index contributed by atoms with van der Waals surface area (Å²) < 4.78 is 18.7. The summed E-state index contributed by atoms with van der Waals surface area (Å²) >= 11 is 0. The Labute approximate surface area is 116 Å². The summed E-state index contributed by atoms with van der Waals surface area (Å²) in [7, 11) is 2.05. The molecule has 2 aromatic rings. The molecule has 1 fully saturated rings. The first-order chi connectivity index (χ1) is 9.63. The number of furan rings is 1. The van der Waals surface area contributed by atoms with Crippen molar-refractivity contribution in [2.24, 2.45) is 0 Å². The Morgan fingerprint density at radius 3 is 2.80 bits per heavy atom. The van der Waals surface area contributed by atoms with Gasteiger partial charge in [0.15, 0.2) is 0 Å². The maximum Gasteiger partial charge on any atom is 0.227 e. The number of likely N-dealkylation sites (N-methyl/N-ethyl adjacent to an activating group) is 1. The molecule has 5 heteroatoms. The summed E-state index contributed by atoms with van der Waals surface area (Å²) in [6, 6.07) is 4.37. The van der Waals surface area contributed by atoms with E-state index in [1.165, 1.54) is 12.1 Å². The van der Waals surface area contributed by atoms with Gasteiger partial charge in [-0.3, -0.25) is 4.79 Å². The third kappa shape index (κ3) is 2.54. The summed E-state index contributed by atoms with van der Waals surface area (Å²) in [6.07, 6.45) is 1.82. The molecule has 106 valence electrons. The minimum Gasteiger partial charge on any atom is -0.464 e. The van der Waals surface area contributed by atoms with Crippen LogP contribution in [-0.2, 0) is 11.2 Å². The Kier molecular flexibility index (Phi) is 3.44. The molecule has 0 bridgehead atoms. The van der Waals surface area contributed by atoms with Crippen molar-refractivity contribution in [3.05, 3.63) is 35.8 Å². The van der Waals surface area contributed by atoms with Gasteiger partial charge in [-0.2, -0.15) is 0 Å². The Hall–Kier alpha value is -1.88. The van der Waals surface area contributed by atoms with Gasteiger partial charge in [0, 0.05) is 37.1 Å². The zero-order valence-electron chi connectivity index (χ0n) is 11.4. The fraction of sp³-hybridized carbons (Fsp3) is 0.400. The van der Waals surface area contributed by atoms with E-state index in [9.17, 15) is 9.18 Å². The first-order valence-corrected chi connectivity index (χ1v) is 6.75. The van der Waals surface area contributed by atoms with Gasteiger partial charge < -0.3 is 14.2 Å². The van der Waals surface area contributed by atoms with Gasteiger partial charge >= 0.3 is 0 Å². The summed E-state index contributed by atoms with van der Waals surface area (Å²) in [5, 5.41) is 0.687. The molecule has 3 rings (SSSR count). The van der Waals surface area contributed by atoms with Gasteiger partial charge in [0.1, 0.15) is 11.4 Å². The van der Waals surface area contributed by atoms with Gasteiger partial charge in [-0.05, 0) is 25.2 Å². The predicted octanol–water partition coefficient (Wildman–Crippen LogP) is 1.89. The van der Waals surface area contributed by atoms with Gasteiger partial charge in [-0.15, -0.1) is 0 Å². The lowest BCUT2D eigenvalue weighted by Gasteiger charge is -2.32. The fourth-order valence-electron chi connectivity index (χ4n) is 2.52. The summed E-state index contributed by atoms with van der Waals surface area (Å²) in [4.78, 5) is 16.3. The molecule has 2 heterocycles. The number of rotatable bonds is 2. The molecule has 0 N–H and O–H groups in total. The van der Waals surface area contributed by atoms with Gasteiger partial charge in [0.25, 0.3) is 0 Å². The van der Waals surface area contributed by atoms with Crippen LogP contribution >= 0.6 is 0 Å². The van der Waals surface area contributed by atoms with E-state index in [0.717, 1.165) is 31.7 Å². The smallest absolute Gasteiger partial charge is 0.227 e. The van der Waals surface area contributed by atoms with Crippen LogP contribution in [0, 0.1) is 5.82 Å². The molecule has 4 nitrogen and oxygen atoms in total. The van der Waals surface area contributed by atoms with Crippen molar-refractivity contribution in [1.29, 1.82) is 0 Å². The van der Waals surface area contributed by atoms with E-state index in [2.05, 4.69) is 4.90 Å². The van der Waals surface area contributed by atoms with Crippen LogP contribution in [0.4, 0.5) is 4.39 Å². The minimum atomic E-state index is -0.313. The van der Waals surface area contributed by atoms with E-state index in [0.29, 0.717) is 11.0 Å². The number of benzene rings is 1. The lowest BCUT2D eigenvalue weighted by atomic mass is 10.1. The molecule has 1 aromatic carbocycles. The average molecular weight is 276 g/mol. The van der Waals surface area contributed by atoms with Crippen molar-refractivity contribution in [2.75, 3.05) is 33.2 Å². The maximum atomic E-state index is 13.3. The number of hydrogen-bond acceptors (Lipinski definition) is 3. The van der Waals surface area contributed by atoms with Gasteiger partial charge in [-0.1, -0.05) is 0 Å². The summed E-state index contributed by atoms with van der Waals surface area (Å²) in [5.41, 5.74) is 1.37. The third-order valence-corrected chi connectivity index (χ3v) is 3.81. The lowest BCUT2D eigenvalue weighted by Crippen LogP contribution is -2.47. The quantitative estimate of drug-likeness (QED) is 0.840. The minimum absolute atomic E-state index is 0.0741. The SMILES string of the molecule is CN1CCN(C(=O)Cc2coc3ccc(F)cc23)CC1. The number of nitrogens with zero attached hydrogens (tertiary/aromatic N) is 2. The van der Waals surface area contributed by atoms with E-state index >= 15 is 0 Å². The molecule has 0 radical (unpaired) electrons. The summed E-state index contributed by atoms with van der Waals surface area (Å²) in [6.45, 7) is 3.29. The molecule has 0 aliphatic carbocycles. The molecule has 1 amide bonds. The van der Waals surface area contributed by atoms with Crippen LogP contribution in [0.15, 0.2) is 28.9 Å². The van der Waals surface area contributed by atoms with Crippen LogP contribution < -0.4 is 0 Å². The molecule has 1 saturated heterocycles. The molecule has 0 spiro atoms. The van der Waals surface area contributed by atoms with E-state index in [1.54, 1.807) is 12.3 Å². The predicted molar refractivity (Wildman–Crippen MR) is 74.0 cm³/mol. The van der Waals surface area contributed by atoms with Gasteiger partial charge in [-0.25, -0.2) is 4.39 Å². The van der Waals surface area contributed by atoms with E-state index in [-0.39, 0.29) is 18.1 Å². The lowest BCUT2D eigenvalue weighted by molar-refractivity contribution is -0.132. The van der Waals surface area contributed by atoms with Crippen molar-refractivity contribution in [1.82, 2.24) is 9.80 Å². The van der Waals surface area contributed by atoms with E-state index < -0.39 is 0 Å². The van der Waals surface area contributed by atoms with E-state index in [4.69, 9.17) is 4.42 Å². The molecule has 1 aliphatic rings. The first kappa shape index (κ1) is 13.1. The highest BCUT2D eigenvalue weighted by Gasteiger charge is 2.20. The topological polar surface area (TPSA) is 36.7 Å². The van der Waals surface area contributed by atoms with Crippen molar-refractivity contribution in [2.45, 2.75) is 6.42 Å². The van der Waals surface area contributed by atoms with Crippen molar-refractivity contribution < 1.29 is 13.6 Å². The molecular formula is C15H17FN2O2. The highest BCUT2D eigenvalue weighted by atomic mass is 19.1. The Bertz CT molecular complexity index is 630. The number of fused-ring (bicyclic) bond motifs is 1. The van der Waals surface area contributed by atoms with Crippen LogP contribution in [0.5, 0.6) is 0 Å². The van der Waals surface area contributed by atoms with Crippen molar-refractivity contribution in [3.8, 4) is 0 Å². The largest absolute Gasteiger partial charge is 0.464 e.